The molecule has 41 heavy (non-hydrogen) atoms. The van der Waals surface area contributed by atoms with E-state index in [4.69, 9.17) is 4.63 Å². The van der Waals surface area contributed by atoms with Crippen molar-refractivity contribution in [1.29, 1.82) is 0 Å². The molecule has 3 aromatic rings. The number of carbonyl (C=O) groups excluding carboxylic acids is 2. The van der Waals surface area contributed by atoms with Gasteiger partial charge < -0.3 is 10.6 Å². The molecule has 3 aliphatic rings. The number of imidazole rings is 1. The zero-order valence-electron chi connectivity index (χ0n) is 21.8. The molecule has 4 heterocycles. The first-order chi connectivity index (χ1) is 19.5. The van der Waals surface area contributed by atoms with Crippen LogP contribution in [0, 0.1) is 17.8 Å². The largest absolute Gasteiger partial charge is 0.393 e. The Hall–Kier alpha value is -3.65. The molecule has 0 bridgehead atoms. The molecule has 3 aromatic heterocycles. The summed E-state index contributed by atoms with van der Waals surface area (Å²) >= 11 is 0. The van der Waals surface area contributed by atoms with Crippen molar-refractivity contribution in [3.8, 4) is 0 Å². The monoisotopic (exact) mass is 581 g/mol. The minimum absolute atomic E-state index is 0.00282. The summed E-state index contributed by atoms with van der Waals surface area (Å²) in [4.78, 5) is 30.1. The highest BCUT2D eigenvalue weighted by Gasteiger charge is 2.45. The number of nitrogens with one attached hydrogen (secondary N) is 2. The summed E-state index contributed by atoms with van der Waals surface area (Å²) in [5.74, 6) is -6.52. The highest BCUT2D eigenvalue weighted by atomic mass is 19.4. The van der Waals surface area contributed by atoms with E-state index in [-0.39, 0.29) is 56.1 Å². The van der Waals surface area contributed by atoms with Gasteiger partial charge in [0, 0.05) is 37.6 Å². The van der Waals surface area contributed by atoms with Gasteiger partial charge in [0.25, 0.3) is 5.91 Å². The molecule has 0 aromatic carbocycles. The molecule has 220 valence electrons. The highest BCUT2D eigenvalue weighted by Crippen LogP contribution is 2.43. The van der Waals surface area contributed by atoms with Crippen LogP contribution in [0.5, 0.6) is 0 Å². The van der Waals surface area contributed by atoms with Crippen LogP contribution in [0.3, 0.4) is 0 Å². The Morgan fingerprint density at radius 1 is 1.17 bits per heavy atom. The van der Waals surface area contributed by atoms with Crippen LogP contribution in [0.1, 0.15) is 84.5 Å². The molecule has 0 spiro atoms. The fourth-order valence-electron chi connectivity index (χ4n) is 5.79. The maximum absolute atomic E-state index is 14.0. The number of hydrogen-bond acceptors (Lipinski definition) is 7. The number of carbonyl (C=O) groups is 2. The van der Waals surface area contributed by atoms with Gasteiger partial charge in [0.2, 0.25) is 11.8 Å². The summed E-state index contributed by atoms with van der Waals surface area (Å²) in [5.41, 5.74) is 1.72. The molecule has 2 N–H and O–H groups in total. The number of aromatic nitrogens is 5. The maximum atomic E-state index is 14.0. The standard InChI is InChI=1S/C26H28F5N7O3/c27-25(28)7-5-14(6-8-25)20(34-24(40)22-21(13-1-2-13)36-41-37-22)18-12-38-19(33-18)4-3-17(35-38)10-15-9-16(26(29,30)31)11-32-23(15)39/h3-4,12-16,20H,1-2,5-11H2,(H,32,39)(H,34,40)/t15?,16-,20?/m1/s1. The van der Waals surface area contributed by atoms with Crippen molar-refractivity contribution >= 4 is 17.5 Å². The van der Waals surface area contributed by atoms with E-state index in [1.54, 1.807) is 18.3 Å². The summed E-state index contributed by atoms with van der Waals surface area (Å²) in [6.45, 7) is -0.442. The van der Waals surface area contributed by atoms with E-state index < -0.39 is 48.3 Å². The molecule has 3 fully saturated rings. The van der Waals surface area contributed by atoms with Gasteiger partial charge in [-0.2, -0.15) is 18.3 Å². The molecule has 10 nitrogen and oxygen atoms in total. The van der Waals surface area contributed by atoms with Gasteiger partial charge in [0.1, 0.15) is 5.69 Å². The van der Waals surface area contributed by atoms with Gasteiger partial charge in [0.15, 0.2) is 11.3 Å². The number of halogens is 5. The molecular weight excluding hydrogens is 553 g/mol. The van der Waals surface area contributed by atoms with E-state index in [0.717, 1.165) is 12.8 Å². The highest BCUT2D eigenvalue weighted by molar-refractivity contribution is 5.93. The Morgan fingerprint density at radius 3 is 2.63 bits per heavy atom. The molecule has 2 unspecified atom stereocenters. The van der Waals surface area contributed by atoms with Gasteiger partial charge in [-0.15, -0.1) is 0 Å². The smallest absolute Gasteiger partial charge is 0.355 e. The number of rotatable bonds is 7. The minimum Gasteiger partial charge on any atom is -0.355 e. The predicted molar refractivity (Wildman–Crippen MR) is 131 cm³/mol. The lowest BCUT2D eigenvalue weighted by atomic mass is 9.81. The summed E-state index contributed by atoms with van der Waals surface area (Å²) in [6, 6.07) is 2.48. The second-order valence-corrected chi connectivity index (χ2v) is 11.3. The maximum Gasteiger partial charge on any atom is 0.393 e. The van der Waals surface area contributed by atoms with Crippen LogP contribution in [-0.2, 0) is 11.2 Å². The fraction of sp³-hybridized carbons (Fsp3) is 0.615. The summed E-state index contributed by atoms with van der Waals surface area (Å²) in [5, 5.41) is 17.3. The van der Waals surface area contributed by atoms with E-state index in [1.165, 1.54) is 4.52 Å². The SMILES string of the molecule is O=C(NC(c1cn2nc(CC3C[C@@H](C(F)(F)F)CNC3=O)ccc2n1)C1CCC(F)(F)CC1)c1nonc1C1CC1. The van der Waals surface area contributed by atoms with Gasteiger partial charge in [0.05, 0.1) is 29.5 Å². The number of nitrogens with zero attached hydrogens (tertiary/aromatic N) is 5. The third kappa shape index (κ3) is 5.89. The number of hydrogen-bond donors (Lipinski definition) is 2. The quantitative estimate of drug-likeness (QED) is 0.402. The minimum atomic E-state index is -4.41. The lowest BCUT2D eigenvalue weighted by molar-refractivity contribution is -0.183. The Kier molecular flexibility index (Phi) is 6.92. The van der Waals surface area contributed by atoms with Crippen molar-refractivity contribution in [2.75, 3.05) is 6.54 Å². The van der Waals surface area contributed by atoms with Crippen molar-refractivity contribution in [2.24, 2.45) is 17.8 Å². The van der Waals surface area contributed by atoms with E-state index in [9.17, 15) is 31.5 Å². The number of amides is 2. The lowest BCUT2D eigenvalue weighted by Crippen LogP contribution is -2.47. The molecule has 15 heteroatoms. The molecule has 6 rings (SSSR count). The van der Waals surface area contributed by atoms with Crippen LogP contribution in [-0.4, -0.2) is 55.4 Å². The van der Waals surface area contributed by atoms with Crippen molar-refractivity contribution in [1.82, 2.24) is 35.5 Å². The van der Waals surface area contributed by atoms with Crippen molar-refractivity contribution in [3.05, 3.63) is 41.1 Å². The van der Waals surface area contributed by atoms with E-state index in [0.29, 0.717) is 22.7 Å². The fourth-order valence-corrected chi connectivity index (χ4v) is 5.79. The van der Waals surface area contributed by atoms with Crippen LogP contribution >= 0.6 is 0 Å². The number of piperidine rings is 1. The molecule has 0 radical (unpaired) electrons. The average molecular weight is 582 g/mol. The summed E-state index contributed by atoms with van der Waals surface area (Å²) in [6.07, 6.45) is -1.74. The average Bonchev–Trinajstić information content (AvgIpc) is 3.48. The first-order valence-corrected chi connectivity index (χ1v) is 13.7. The topological polar surface area (TPSA) is 127 Å². The molecule has 2 amide bonds. The third-order valence-corrected chi connectivity index (χ3v) is 8.31. The lowest BCUT2D eigenvalue weighted by Gasteiger charge is -2.33. The van der Waals surface area contributed by atoms with Gasteiger partial charge >= 0.3 is 6.18 Å². The zero-order chi connectivity index (χ0) is 28.9. The molecule has 2 saturated carbocycles. The van der Waals surface area contributed by atoms with Crippen molar-refractivity contribution in [2.45, 2.75) is 75.4 Å². The van der Waals surface area contributed by atoms with Gasteiger partial charge in [-0.1, -0.05) is 5.16 Å². The van der Waals surface area contributed by atoms with Crippen LogP contribution < -0.4 is 10.6 Å². The number of alkyl halides is 5. The van der Waals surface area contributed by atoms with Crippen molar-refractivity contribution in [3.63, 3.8) is 0 Å². The molecule has 1 aliphatic heterocycles. The Labute approximate surface area is 230 Å². The van der Waals surface area contributed by atoms with Crippen LogP contribution in [0.4, 0.5) is 22.0 Å². The predicted octanol–water partition coefficient (Wildman–Crippen LogP) is 4.14. The zero-order valence-corrected chi connectivity index (χ0v) is 21.8. The normalized spacial score (nSPS) is 24.3. The Morgan fingerprint density at radius 2 is 1.93 bits per heavy atom. The second-order valence-electron chi connectivity index (χ2n) is 11.3. The van der Waals surface area contributed by atoms with E-state index in [2.05, 4.69) is 31.0 Å². The van der Waals surface area contributed by atoms with E-state index >= 15 is 0 Å². The second kappa shape index (κ2) is 10.3. The van der Waals surface area contributed by atoms with Gasteiger partial charge in [-0.05, 0) is 55.3 Å². The van der Waals surface area contributed by atoms with Crippen molar-refractivity contribution < 1.29 is 36.2 Å². The van der Waals surface area contributed by atoms with Gasteiger partial charge in [-0.3, -0.25) is 9.59 Å². The summed E-state index contributed by atoms with van der Waals surface area (Å²) in [7, 11) is 0. The molecule has 1 saturated heterocycles. The first-order valence-electron chi connectivity index (χ1n) is 13.7. The summed E-state index contributed by atoms with van der Waals surface area (Å²) < 4.78 is 73.9. The Bertz CT molecular complexity index is 1440. The van der Waals surface area contributed by atoms with Crippen LogP contribution in [0.25, 0.3) is 5.65 Å². The third-order valence-electron chi connectivity index (χ3n) is 8.31. The number of fused-ring (bicyclic) bond motifs is 1. The van der Waals surface area contributed by atoms with E-state index in [1.807, 2.05) is 0 Å². The van der Waals surface area contributed by atoms with Crippen LogP contribution in [0.2, 0.25) is 0 Å². The molecule has 3 atom stereocenters. The van der Waals surface area contributed by atoms with Gasteiger partial charge in [-0.25, -0.2) is 22.9 Å². The Balaban J connectivity index is 1.24. The first kappa shape index (κ1) is 27.5. The molecular formula is C26H28F5N7O3. The van der Waals surface area contributed by atoms with Crippen LogP contribution in [0.15, 0.2) is 23.0 Å². The molecule has 2 aliphatic carbocycles.